The Bertz CT molecular complexity index is 693. The van der Waals surface area contributed by atoms with Crippen LogP contribution in [0.15, 0.2) is 9.98 Å². The van der Waals surface area contributed by atoms with Crippen LogP contribution in [0.5, 0.6) is 0 Å². The Labute approximate surface area is 130 Å². The van der Waals surface area contributed by atoms with E-state index in [1.165, 1.54) is 0 Å². The molecule has 9 N–H and O–H groups in total. The van der Waals surface area contributed by atoms with Crippen LogP contribution in [0.25, 0.3) is 0 Å². The van der Waals surface area contributed by atoms with Crippen molar-refractivity contribution >= 4 is 22.3 Å². The van der Waals surface area contributed by atoms with Crippen LogP contribution in [-0.4, -0.2) is 87.9 Å². The molecule has 0 saturated carbocycles. The lowest BCUT2D eigenvalue weighted by atomic mass is 9.86. The largest absolute Gasteiger partial charge is 0.397 e. The van der Waals surface area contributed by atoms with Gasteiger partial charge in [-0.3, -0.25) is 4.55 Å². The zero-order chi connectivity index (χ0) is 17.2. The van der Waals surface area contributed by atoms with Crippen molar-refractivity contribution in [3.05, 3.63) is 0 Å². The van der Waals surface area contributed by atoms with Crippen molar-refractivity contribution in [3.8, 4) is 0 Å². The highest BCUT2D eigenvalue weighted by Gasteiger charge is 2.74. The van der Waals surface area contributed by atoms with E-state index in [2.05, 4.69) is 19.5 Å². The normalized spacial score (nSPS) is 38.4. The number of aliphatic hydroxyl groups is 3. The van der Waals surface area contributed by atoms with E-state index in [1.807, 2.05) is 0 Å². The number of hydrogen-bond acceptors (Lipinski definition) is 12. The fourth-order valence-corrected chi connectivity index (χ4v) is 3.79. The summed E-state index contributed by atoms with van der Waals surface area (Å²) in [6.07, 6.45) is -1.81. The second-order valence-electron chi connectivity index (χ2n) is 5.44. The zero-order valence-electron chi connectivity index (χ0n) is 11.6. The maximum atomic E-state index is 11.0. The minimum atomic E-state index is -4.98. The van der Waals surface area contributed by atoms with E-state index >= 15 is 0 Å². The number of nitrogens with two attached hydrogens (primary N) is 2. The lowest BCUT2D eigenvalue weighted by molar-refractivity contribution is -0.252. The van der Waals surface area contributed by atoms with Gasteiger partial charge >= 0.3 is 10.4 Å². The fraction of sp³-hybridized carbons (Fsp3) is 0.778. The van der Waals surface area contributed by atoms with Gasteiger partial charge in [-0.25, -0.2) is 14.2 Å². The van der Waals surface area contributed by atoms with Gasteiger partial charge in [-0.1, -0.05) is 0 Å². The van der Waals surface area contributed by atoms with Gasteiger partial charge in [0, 0.05) is 0 Å². The third-order valence-corrected chi connectivity index (χ3v) is 4.65. The first kappa shape index (κ1) is 16.2. The molecule has 0 aromatic rings. The van der Waals surface area contributed by atoms with Crippen molar-refractivity contribution in [1.82, 2.24) is 10.2 Å². The summed E-state index contributed by atoms with van der Waals surface area (Å²) >= 11 is 0. The number of aliphatic imine (C=N–C) groups is 2. The molecule has 0 bridgehead atoms. The number of hydrogen-bond donors (Lipinski definition) is 7. The van der Waals surface area contributed by atoms with Gasteiger partial charge in [-0.05, 0) is 0 Å². The average Bonchev–Trinajstić information content (AvgIpc) is 2.86. The van der Waals surface area contributed by atoms with E-state index in [-0.39, 0.29) is 11.9 Å². The number of aliphatic hydroxyl groups excluding tert-OH is 1. The SMILES string of the molecule is NC1=N[C@H]2[C@H](CO)N=C(N)N3CC(OS(=O)(=O)O)C(O)(O)[C@]23N1. The van der Waals surface area contributed by atoms with Crippen molar-refractivity contribution in [2.75, 3.05) is 13.2 Å². The third-order valence-electron chi connectivity index (χ3n) is 4.17. The highest BCUT2D eigenvalue weighted by atomic mass is 32.3. The molecule has 3 heterocycles. The molecule has 130 valence electrons. The lowest BCUT2D eigenvalue weighted by Gasteiger charge is -2.48. The van der Waals surface area contributed by atoms with Gasteiger partial charge in [-0.15, -0.1) is 0 Å². The molecule has 0 aromatic heterocycles. The Kier molecular flexibility index (Phi) is 3.27. The van der Waals surface area contributed by atoms with Crippen molar-refractivity contribution in [2.24, 2.45) is 21.5 Å². The van der Waals surface area contributed by atoms with Crippen LogP contribution in [0.3, 0.4) is 0 Å². The first-order chi connectivity index (χ1) is 10.5. The summed E-state index contributed by atoms with van der Waals surface area (Å²) in [6.45, 7) is -0.952. The van der Waals surface area contributed by atoms with E-state index in [9.17, 15) is 23.7 Å². The summed E-state index contributed by atoms with van der Waals surface area (Å²) in [4.78, 5) is 9.11. The molecule has 3 aliphatic heterocycles. The van der Waals surface area contributed by atoms with Gasteiger partial charge in [0.2, 0.25) is 5.79 Å². The quantitative estimate of drug-likeness (QED) is 0.188. The number of nitrogens with zero attached hydrogens (tertiary/aromatic N) is 3. The molecule has 3 rings (SSSR count). The minimum absolute atomic E-state index is 0.177. The molecule has 0 radical (unpaired) electrons. The van der Waals surface area contributed by atoms with Gasteiger partial charge in [-0.2, -0.15) is 8.42 Å². The molecule has 13 nitrogen and oxygen atoms in total. The Morgan fingerprint density at radius 1 is 1.39 bits per heavy atom. The van der Waals surface area contributed by atoms with Crippen molar-refractivity contribution in [1.29, 1.82) is 0 Å². The zero-order valence-corrected chi connectivity index (χ0v) is 12.4. The third kappa shape index (κ3) is 2.07. The van der Waals surface area contributed by atoms with Gasteiger partial charge in [0.15, 0.2) is 23.7 Å². The molecule has 3 aliphatic rings. The molecular formula is C9H16N6O7S. The first-order valence-corrected chi connectivity index (χ1v) is 7.83. The topological polar surface area (TPSA) is 216 Å². The predicted octanol–water partition coefficient (Wildman–Crippen LogP) is -5.16. The summed E-state index contributed by atoms with van der Waals surface area (Å²) < 4.78 is 35.1. The summed E-state index contributed by atoms with van der Waals surface area (Å²) in [7, 11) is -4.98. The highest BCUT2D eigenvalue weighted by Crippen LogP contribution is 2.45. The fourth-order valence-electron chi connectivity index (χ4n) is 3.30. The molecule has 1 fully saturated rings. The van der Waals surface area contributed by atoms with Crippen LogP contribution in [0, 0.1) is 0 Å². The van der Waals surface area contributed by atoms with Crippen molar-refractivity contribution in [2.45, 2.75) is 29.6 Å². The number of guanidine groups is 2. The van der Waals surface area contributed by atoms with Crippen LogP contribution < -0.4 is 16.8 Å². The molecule has 23 heavy (non-hydrogen) atoms. The van der Waals surface area contributed by atoms with Crippen molar-refractivity contribution in [3.63, 3.8) is 0 Å². The van der Waals surface area contributed by atoms with Gasteiger partial charge < -0.3 is 37.0 Å². The number of rotatable bonds is 3. The Morgan fingerprint density at radius 3 is 2.61 bits per heavy atom. The van der Waals surface area contributed by atoms with Crippen molar-refractivity contribution < 1.29 is 32.5 Å². The second-order valence-corrected chi connectivity index (χ2v) is 6.49. The van der Waals surface area contributed by atoms with E-state index in [1.54, 1.807) is 0 Å². The summed E-state index contributed by atoms with van der Waals surface area (Å²) in [5.74, 6) is -3.26. The maximum absolute atomic E-state index is 11.0. The molecule has 4 atom stereocenters. The monoisotopic (exact) mass is 352 g/mol. The molecule has 0 aliphatic carbocycles. The summed E-state index contributed by atoms with van der Waals surface area (Å²) in [6, 6.07) is -2.02. The van der Waals surface area contributed by atoms with Crippen LogP contribution in [0.2, 0.25) is 0 Å². The smallest absolute Gasteiger partial charge is 0.394 e. The van der Waals surface area contributed by atoms with Gasteiger partial charge in [0.25, 0.3) is 0 Å². The van der Waals surface area contributed by atoms with Crippen LogP contribution in [0.1, 0.15) is 0 Å². The van der Waals surface area contributed by atoms with E-state index < -0.39 is 53.2 Å². The Morgan fingerprint density at radius 2 is 2.04 bits per heavy atom. The van der Waals surface area contributed by atoms with E-state index in [4.69, 9.17) is 16.0 Å². The molecule has 1 spiro atoms. The van der Waals surface area contributed by atoms with Crippen LogP contribution >= 0.6 is 0 Å². The molecule has 1 unspecified atom stereocenters. The minimum Gasteiger partial charge on any atom is -0.394 e. The van der Waals surface area contributed by atoms with Gasteiger partial charge in [0.05, 0.1) is 13.2 Å². The number of nitrogens with one attached hydrogen (secondary N) is 1. The standard InChI is InChI=1S/C9H16N6O7S/c10-6-13-5-3(2-16)12-7(11)15-1-4(22-23(19,20)21)9(17,18)8(5,15)14-6/h3-5,16-18H,1-2H2,(H2,11,12)(H3,10,13,14)(H,19,20,21)/t3-,4?,5-,8-/m0/s1. The second kappa shape index (κ2) is 4.65. The average molecular weight is 352 g/mol. The van der Waals surface area contributed by atoms with Crippen LogP contribution in [-0.2, 0) is 14.6 Å². The van der Waals surface area contributed by atoms with E-state index in [0.29, 0.717) is 0 Å². The molecule has 0 aromatic carbocycles. The predicted molar refractivity (Wildman–Crippen MR) is 74.1 cm³/mol. The summed E-state index contributed by atoms with van der Waals surface area (Å²) in [5, 5.41) is 33.1. The van der Waals surface area contributed by atoms with Crippen LogP contribution in [0.4, 0.5) is 0 Å². The van der Waals surface area contributed by atoms with Gasteiger partial charge in [0.1, 0.15) is 12.1 Å². The first-order valence-electron chi connectivity index (χ1n) is 6.46. The maximum Gasteiger partial charge on any atom is 0.397 e. The molecule has 0 amide bonds. The summed E-state index contributed by atoms with van der Waals surface area (Å²) in [5.41, 5.74) is 9.48. The van der Waals surface area contributed by atoms with E-state index in [0.717, 1.165) is 4.90 Å². The Balaban J connectivity index is 2.11. The lowest BCUT2D eigenvalue weighted by Crippen LogP contribution is -2.77. The highest BCUT2D eigenvalue weighted by molar-refractivity contribution is 7.80. The Hall–Kier alpha value is -1.71. The molecule has 14 heteroatoms. The molecular weight excluding hydrogens is 336 g/mol. The molecule has 1 saturated heterocycles.